The largest absolute Gasteiger partial charge is 0.394 e. The maximum Gasteiger partial charge on any atom is 0.333 e. The van der Waals surface area contributed by atoms with Crippen molar-refractivity contribution in [2.75, 3.05) is 46.1 Å². The summed E-state index contributed by atoms with van der Waals surface area (Å²) < 4.78 is 33.6. The van der Waals surface area contributed by atoms with Crippen molar-refractivity contribution in [3.05, 3.63) is 0 Å². The van der Waals surface area contributed by atoms with Gasteiger partial charge in [-0.2, -0.15) is 0 Å². The zero-order valence-electron chi connectivity index (χ0n) is 28.7. The lowest BCUT2D eigenvalue weighted by atomic mass is 9.94. The van der Waals surface area contributed by atoms with Gasteiger partial charge < -0.3 is 89.2 Å². The third kappa shape index (κ3) is 9.85. The van der Waals surface area contributed by atoms with Crippen LogP contribution in [0.4, 0.5) is 0 Å². The van der Waals surface area contributed by atoms with Crippen molar-refractivity contribution in [2.24, 2.45) is 5.92 Å². The summed E-state index contributed by atoms with van der Waals surface area (Å²) in [7, 11) is 0. The molecule has 0 aromatic rings. The second-order valence-corrected chi connectivity index (χ2v) is 13.8. The first-order chi connectivity index (χ1) is 25.2. The molecular weight excluding hydrogens is 720 g/mol. The Hall–Kier alpha value is -2.07. The lowest BCUT2D eigenvalue weighted by Gasteiger charge is -2.46. The number of amides is 2. The van der Waals surface area contributed by atoms with Crippen LogP contribution in [0.1, 0.15) is 32.1 Å². The lowest BCUT2D eigenvalue weighted by Crippen LogP contribution is -2.65. The highest BCUT2D eigenvalue weighted by atomic mass is 16.8. The van der Waals surface area contributed by atoms with Crippen LogP contribution >= 0.6 is 0 Å². The maximum atomic E-state index is 12.3. The molecule has 5 aliphatic rings. The van der Waals surface area contributed by atoms with Gasteiger partial charge in [0.05, 0.1) is 32.8 Å². The number of hydrogen-bond acceptors (Lipinski definition) is 21. The maximum absolute atomic E-state index is 12.3. The highest BCUT2D eigenvalue weighted by Crippen LogP contribution is 2.31. The van der Waals surface area contributed by atoms with Gasteiger partial charge in [-0.05, 0) is 31.8 Å². The number of likely N-dealkylation sites (tertiary alicyclic amines) is 1. The van der Waals surface area contributed by atoms with E-state index in [1.54, 1.807) is 0 Å². The van der Waals surface area contributed by atoms with Crippen molar-refractivity contribution >= 4 is 17.8 Å². The number of aliphatic hydroxyl groups excluding tert-OH is 10. The van der Waals surface area contributed by atoms with E-state index in [1.165, 1.54) is 0 Å². The van der Waals surface area contributed by atoms with E-state index < -0.39 is 130 Å². The first kappa shape index (κ1) is 42.1. The summed E-state index contributed by atoms with van der Waals surface area (Å²) in [5.41, 5.74) is 0. The predicted octanol–water partition coefficient (Wildman–Crippen LogP) is -6.84. The number of nitrogens with zero attached hydrogens (tertiary/aromatic N) is 2. The zero-order chi connectivity index (χ0) is 38.6. The molecule has 0 aliphatic carbocycles. The van der Waals surface area contributed by atoms with Gasteiger partial charge in [-0.25, -0.2) is 4.79 Å². The minimum Gasteiger partial charge on any atom is -0.394 e. The van der Waals surface area contributed by atoms with E-state index in [9.17, 15) is 65.4 Å². The summed E-state index contributed by atoms with van der Waals surface area (Å²) in [4.78, 5) is 42.7. The molecule has 0 spiro atoms. The molecule has 22 heteroatoms. The second-order valence-electron chi connectivity index (χ2n) is 13.8. The molecule has 0 aromatic carbocycles. The molecule has 0 bridgehead atoms. The van der Waals surface area contributed by atoms with Crippen LogP contribution in [0, 0.1) is 5.92 Å². The van der Waals surface area contributed by atoms with Crippen LogP contribution < -0.4 is 0 Å². The standard InChI is InChI=1S/C31H50N2O20/c34-10-14-20(39)23(42)25(44)29(49-14)48-12-16-22(41)28(52-31-26(45)24(43)21(40)15(11-35)50-31)27(46)30(51-16)47-8-7-32-5-3-13(4-6-32)9-19(38)53-33-17(36)1-2-18(33)37/h13-16,20-31,34-35,39-46H,1-12H2/t14?,15-,16-,20-,21-,22-,23?,24+,25?,26?,27+,28+,29+,30-,31-/m1/s1. The molecule has 2 amide bonds. The fourth-order valence-corrected chi connectivity index (χ4v) is 6.81. The van der Waals surface area contributed by atoms with Crippen molar-refractivity contribution in [2.45, 2.75) is 124 Å². The second kappa shape index (κ2) is 18.7. The van der Waals surface area contributed by atoms with E-state index in [-0.39, 0.29) is 31.8 Å². The molecule has 5 saturated heterocycles. The molecule has 53 heavy (non-hydrogen) atoms. The van der Waals surface area contributed by atoms with Gasteiger partial charge in [0.15, 0.2) is 18.9 Å². The van der Waals surface area contributed by atoms with Gasteiger partial charge in [-0.1, -0.05) is 0 Å². The fraction of sp³-hybridized carbons (Fsp3) is 0.903. The Balaban J connectivity index is 1.17. The van der Waals surface area contributed by atoms with E-state index in [0.717, 1.165) is 0 Å². The van der Waals surface area contributed by atoms with Crippen molar-refractivity contribution in [3.8, 4) is 0 Å². The fourth-order valence-electron chi connectivity index (χ4n) is 6.81. The Kier molecular flexibility index (Phi) is 14.9. The molecule has 0 radical (unpaired) electrons. The van der Waals surface area contributed by atoms with Gasteiger partial charge in [-0.3, -0.25) is 9.59 Å². The molecule has 10 N–H and O–H groups in total. The van der Waals surface area contributed by atoms with Gasteiger partial charge >= 0.3 is 5.97 Å². The normalized spacial score (nSPS) is 41.9. The Morgan fingerprint density at radius 1 is 0.660 bits per heavy atom. The number of imide groups is 1. The number of carbonyl (C=O) groups is 3. The number of hydrogen-bond donors (Lipinski definition) is 10. The van der Waals surface area contributed by atoms with Gasteiger partial charge in [-0.15, -0.1) is 5.06 Å². The molecule has 15 atom stereocenters. The summed E-state index contributed by atoms with van der Waals surface area (Å²) >= 11 is 0. The highest BCUT2D eigenvalue weighted by Gasteiger charge is 2.52. The number of hydroxylamine groups is 2. The lowest BCUT2D eigenvalue weighted by molar-refractivity contribution is -0.366. The molecule has 4 unspecified atom stereocenters. The highest BCUT2D eigenvalue weighted by molar-refractivity contribution is 6.01. The predicted molar refractivity (Wildman–Crippen MR) is 166 cm³/mol. The van der Waals surface area contributed by atoms with Crippen molar-refractivity contribution in [1.29, 1.82) is 0 Å². The van der Waals surface area contributed by atoms with Crippen molar-refractivity contribution in [1.82, 2.24) is 9.96 Å². The third-order valence-corrected chi connectivity index (χ3v) is 10.1. The number of ether oxygens (including phenoxy) is 6. The minimum absolute atomic E-state index is 0.00140. The van der Waals surface area contributed by atoms with Crippen molar-refractivity contribution in [3.63, 3.8) is 0 Å². The van der Waals surface area contributed by atoms with E-state index in [4.69, 9.17) is 33.3 Å². The van der Waals surface area contributed by atoms with Gasteiger partial charge in [0.2, 0.25) is 0 Å². The Labute approximate surface area is 302 Å². The summed E-state index contributed by atoms with van der Waals surface area (Å²) in [5, 5.41) is 104. The zero-order valence-corrected chi connectivity index (χ0v) is 28.7. The van der Waals surface area contributed by atoms with Crippen LogP contribution in [0.3, 0.4) is 0 Å². The van der Waals surface area contributed by atoms with Crippen LogP contribution in [0.5, 0.6) is 0 Å². The smallest absolute Gasteiger partial charge is 0.333 e. The molecule has 0 aromatic heterocycles. The van der Waals surface area contributed by atoms with Gasteiger partial charge in [0.25, 0.3) is 11.8 Å². The monoisotopic (exact) mass is 770 g/mol. The van der Waals surface area contributed by atoms with Gasteiger partial charge in [0, 0.05) is 19.4 Å². The number of carbonyl (C=O) groups excluding carboxylic acids is 3. The molecule has 0 saturated carbocycles. The van der Waals surface area contributed by atoms with Crippen LogP contribution in [-0.4, -0.2) is 217 Å². The van der Waals surface area contributed by atoms with E-state index >= 15 is 0 Å². The Morgan fingerprint density at radius 3 is 1.77 bits per heavy atom. The summed E-state index contributed by atoms with van der Waals surface area (Å²) in [6.07, 6.45) is -23.5. The molecule has 5 rings (SSSR count). The SMILES string of the molecule is O=C(CC1CCN(CCO[C@@H]2O[C@H](CO[C@H]3OC(CO)[C@@H](O)C(O)C3O)[C@@H](O)[C@H](O[C@H]3O[C@H](CO)[C@@H](O)[C@H](O)C3O)[C@@H]2O)CC1)ON1C(=O)CCC1=O. The van der Waals surface area contributed by atoms with Crippen LogP contribution in [0.2, 0.25) is 0 Å². The molecule has 22 nitrogen and oxygen atoms in total. The van der Waals surface area contributed by atoms with Gasteiger partial charge in [0.1, 0.15) is 73.2 Å². The summed E-state index contributed by atoms with van der Waals surface area (Å²) in [6.45, 7) is -0.696. The molecule has 5 fully saturated rings. The number of piperidine rings is 1. The Morgan fingerprint density at radius 2 is 1.19 bits per heavy atom. The van der Waals surface area contributed by atoms with E-state index in [1.807, 2.05) is 4.90 Å². The molecular formula is C31H50N2O20. The first-order valence-electron chi connectivity index (χ1n) is 17.5. The average molecular weight is 771 g/mol. The molecule has 304 valence electrons. The van der Waals surface area contributed by atoms with Crippen LogP contribution in [-0.2, 0) is 47.6 Å². The summed E-state index contributed by atoms with van der Waals surface area (Å²) in [6, 6.07) is 0. The van der Waals surface area contributed by atoms with Crippen molar-refractivity contribution < 1.29 is 98.7 Å². The third-order valence-electron chi connectivity index (χ3n) is 10.1. The minimum atomic E-state index is -1.88. The summed E-state index contributed by atoms with van der Waals surface area (Å²) in [5.74, 6) is -1.84. The molecule has 5 heterocycles. The number of rotatable bonds is 14. The Bertz CT molecular complexity index is 1210. The quantitative estimate of drug-likeness (QED) is 0.0734. The van der Waals surface area contributed by atoms with Crippen LogP contribution in [0.15, 0.2) is 0 Å². The number of aliphatic hydroxyl groups is 10. The first-order valence-corrected chi connectivity index (χ1v) is 17.5. The molecule has 5 aliphatic heterocycles. The van der Waals surface area contributed by atoms with Crippen LogP contribution in [0.25, 0.3) is 0 Å². The average Bonchev–Trinajstić information content (AvgIpc) is 3.46. The topological polar surface area (TPSA) is 325 Å². The van der Waals surface area contributed by atoms with E-state index in [2.05, 4.69) is 0 Å². The van der Waals surface area contributed by atoms with E-state index in [0.29, 0.717) is 37.5 Å².